The molecular formula is C33H37N3O+2. The molecule has 0 bridgehead atoms. The molecule has 1 aromatic carbocycles. The van der Waals surface area contributed by atoms with E-state index in [2.05, 4.69) is 108 Å². The minimum absolute atomic E-state index is 0.130. The fraction of sp³-hybridized carbons (Fsp3) is 0.303. The summed E-state index contributed by atoms with van der Waals surface area (Å²) < 4.78 is 10.8. The molecule has 0 saturated heterocycles. The minimum Gasteiger partial charge on any atom is -0.443 e. The molecule has 188 valence electrons. The van der Waals surface area contributed by atoms with Crippen LogP contribution in [0.1, 0.15) is 75.2 Å². The molecule has 2 unspecified atom stereocenters. The Hall–Kier alpha value is -3.79. The van der Waals surface area contributed by atoms with Crippen LogP contribution in [0, 0.1) is 0 Å². The number of aliphatic imine (C=N–C) groups is 1. The molecule has 37 heavy (non-hydrogen) atoms. The zero-order valence-electron chi connectivity index (χ0n) is 22.7. The van der Waals surface area contributed by atoms with Gasteiger partial charge in [0.25, 0.3) is 0 Å². The lowest BCUT2D eigenvalue weighted by atomic mass is 9.79. The number of nitrogens with zero attached hydrogens (tertiary/aromatic N) is 3. The molecule has 4 heterocycles. The first kappa shape index (κ1) is 24.9. The van der Waals surface area contributed by atoms with Crippen LogP contribution in [0.2, 0.25) is 0 Å². The summed E-state index contributed by atoms with van der Waals surface area (Å²) in [6, 6.07) is 20.1. The lowest BCUT2D eigenvalue weighted by Gasteiger charge is -2.29. The average molecular weight is 492 g/mol. The van der Waals surface area contributed by atoms with Gasteiger partial charge in [-0.15, -0.1) is 0 Å². The summed E-state index contributed by atoms with van der Waals surface area (Å²) in [5, 5.41) is 0. The van der Waals surface area contributed by atoms with Gasteiger partial charge in [0.05, 0.1) is 11.1 Å². The molecule has 0 aliphatic carbocycles. The number of hydrogen-bond acceptors (Lipinski definition) is 2. The molecule has 2 aromatic heterocycles. The molecule has 0 radical (unpaired) electrons. The van der Waals surface area contributed by atoms with Crippen molar-refractivity contribution in [3.63, 3.8) is 0 Å². The maximum atomic E-state index is 6.12. The van der Waals surface area contributed by atoms with E-state index < -0.39 is 0 Å². The second-order valence-electron chi connectivity index (χ2n) is 10.4. The van der Waals surface area contributed by atoms with E-state index in [4.69, 9.17) is 11.3 Å². The summed E-state index contributed by atoms with van der Waals surface area (Å²) >= 11 is 0. The van der Waals surface area contributed by atoms with Crippen LogP contribution in [0.5, 0.6) is 0 Å². The highest BCUT2D eigenvalue weighted by molar-refractivity contribution is 5.82. The Bertz CT molecular complexity index is 1460. The largest absolute Gasteiger partial charge is 0.443 e. The van der Waals surface area contributed by atoms with Gasteiger partial charge >= 0.3 is 0 Å². The predicted octanol–water partition coefficient (Wildman–Crippen LogP) is 7.01. The van der Waals surface area contributed by atoms with Crippen molar-refractivity contribution in [1.82, 2.24) is 0 Å². The van der Waals surface area contributed by atoms with Gasteiger partial charge in [-0.05, 0) is 49.1 Å². The van der Waals surface area contributed by atoms with E-state index in [0.717, 1.165) is 29.8 Å². The third-order valence-electron chi connectivity index (χ3n) is 7.88. The topological polar surface area (TPSA) is 29.3 Å². The van der Waals surface area contributed by atoms with E-state index in [1.165, 1.54) is 28.0 Å². The maximum Gasteiger partial charge on any atom is 0.222 e. The van der Waals surface area contributed by atoms with Gasteiger partial charge in [-0.25, -0.2) is 0 Å². The SMILES string of the molecule is C=C(O/C(C)=N/C)/C1=C(\C)CCC2C(C(=C)[n+]3ccc(C(C)C)cc31)c1ccccc1-c1cccc[n+]12. The van der Waals surface area contributed by atoms with Crippen molar-refractivity contribution < 1.29 is 13.9 Å². The van der Waals surface area contributed by atoms with E-state index in [-0.39, 0.29) is 12.0 Å². The normalized spacial score (nSPS) is 21.1. The fourth-order valence-corrected chi connectivity index (χ4v) is 5.88. The molecule has 2 aliphatic heterocycles. The zero-order chi connectivity index (χ0) is 26.3. The Morgan fingerprint density at radius 2 is 1.81 bits per heavy atom. The summed E-state index contributed by atoms with van der Waals surface area (Å²) in [4.78, 5) is 4.22. The van der Waals surface area contributed by atoms with Gasteiger partial charge in [0.15, 0.2) is 30.0 Å². The van der Waals surface area contributed by atoms with Gasteiger partial charge in [0, 0.05) is 44.7 Å². The van der Waals surface area contributed by atoms with E-state index in [1.54, 1.807) is 7.05 Å². The molecule has 4 heteroatoms. The van der Waals surface area contributed by atoms with Crippen molar-refractivity contribution in [3.05, 3.63) is 108 Å². The Morgan fingerprint density at radius 3 is 2.57 bits per heavy atom. The second kappa shape index (κ2) is 9.93. The van der Waals surface area contributed by atoms with Crippen molar-refractivity contribution >= 4 is 17.2 Å². The third-order valence-corrected chi connectivity index (χ3v) is 7.88. The molecule has 0 spiro atoms. The molecule has 0 fully saturated rings. The smallest absolute Gasteiger partial charge is 0.222 e. The predicted molar refractivity (Wildman–Crippen MR) is 151 cm³/mol. The van der Waals surface area contributed by atoms with Crippen LogP contribution >= 0.6 is 0 Å². The van der Waals surface area contributed by atoms with E-state index in [0.29, 0.717) is 17.6 Å². The summed E-state index contributed by atoms with van der Waals surface area (Å²) in [7, 11) is 1.74. The molecule has 2 aliphatic rings. The second-order valence-corrected chi connectivity index (χ2v) is 10.4. The lowest BCUT2D eigenvalue weighted by molar-refractivity contribution is -0.720. The molecule has 0 N–H and O–H groups in total. The minimum atomic E-state index is 0.130. The first-order valence-corrected chi connectivity index (χ1v) is 13.2. The van der Waals surface area contributed by atoms with Crippen molar-refractivity contribution in [2.45, 2.75) is 58.4 Å². The number of aromatic nitrogens is 2. The van der Waals surface area contributed by atoms with Crippen LogP contribution in [0.25, 0.3) is 22.5 Å². The van der Waals surface area contributed by atoms with Crippen LogP contribution in [-0.2, 0) is 4.74 Å². The van der Waals surface area contributed by atoms with Crippen molar-refractivity contribution in [2.75, 3.05) is 7.05 Å². The van der Waals surface area contributed by atoms with E-state index >= 15 is 0 Å². The lowest BCUT2D eigenvalue weighted by Crippen LogP contribution is -2.50. The first-order valence-electron chi connectivity index (χ1n) is 13.2. The average Bonchev–Trinajstić information content (AvgIpc) is 2.95. The Labute approximate surface area is 221 Å². The third kappa shape index (κ3) is 4.35. The molecular weight excluding hydrogens is 454 g/mol. The number of hydrogen-bond donors (Lipinski definition) is 0. The molecule has 0 saturated carbocycles. The Balaban J connectivity index is 1.77. The molecule has 5 rings (SSSR count). The number of benzene rings is 1. The summed E-state index contributed by atoms with van der Waals surface area (Å²) in [6.07, 6.45) is 6.31. The van der Waals surface area contributed by atoms with E-state index in [9.17, 15) is 0 Å². The molecule has 3 aromatic rings. The van der Waals surface area contributed by atoms with Gasteiger partial charge in [0.2, 0.25) is 11.4 Å². The molecule has 0 amide bonds. The van der Waals surface area contributed by atoms with Crippen LogP contribution in [0.3, 0.4) is 0 Å². The van der Waals surface area contributed by atoms with Crippen molar-refractivity contribution in [3.8, 4) is 11.3 Å². The van der Waals surface area contributed by atoms with Gasteiger partial charge in [-0.1, -0.05) is 44.2 Å². The number of fused-ring (bicyclic) bond motifs is 7. The van der Waals surface area contributed by atoms with Crippen LogP contribution in [0.15, 0.2) is 96.5 Å². The summed E-state index contributed by atoms with van der Waals surface area (Å²) in [6.45, 7) is 17.7. The van der Waals surface area contributed by atoms with Crippen LogP contribution < -0.4 is 9.13 Å². The van der Waals surface area contributed by atoms with Crippen LogP contribution in [-0.4, -0.2) is 12.9 Å². The highest BCUT2D eigenvalue weighted by Gasteiger charge is 2.46. The van der Waals surface area contributed by atoms with Crippen molar-refractivity contribution in [2.24, 2.45) is 4.99 Å². The summed E-state index contributed by atoms with van der Waals surface area (Å²) in [5.41, 5.74) is 9.58. The van der Waals surface area contributed by atoms with E-state index in [1.807, 2.05) is 6.92 Å². The first-order chi connectivity index (χ1) is 17.8. The quantitative estimate of drug-likeness (QED) is 0.168. The standard InChI is InChI=1S/C33H37N3O/c1-21(2)26-17-19-35-23(4)33-28-13-9-8-12-27(28)29-14-10-11-18-36(29)30(33)16-15-22(3)32(31(35)20-26)24(5)37-25(6)34-7/h8-14,17-21,30,33H,4-5,15-16H2,1-3,6-7H3/q+2/b32-22-,34-25+. The molecule has 4 nitrogen and oxygen atoms in total. The van der Waals surface area contributed by atoms with Gasteiger partial charge in [-0.3, -0.25) is 4.99 Å². The number of pyridine rings is 2. The highest BCUT2D eigenvalue weighted by Crippen LogP contribution is 2.45. The van der Waals surface area contributed by atoms with Crippen LogP contribution in [0.4, 0.5) is 0 Å². The number of allylic oxidation sites excluding steroid dienone is 3. The maximum absolute atomic E-state index is 6.12. The zero-order valence-corrected chi connectivity index (χ0v) is 22.7. The summed E-state index contributed by atoms with van der Waals surface area (Å²) in [5.74, 6) is 1.75. The van der Waals surface area contributed by atoms with Gasteiger partial charge in [0.1, 0.15) is 11.7 Å². The van der Waals surface area contributed by atoms with Gasteiger partial charge < -0.3 is 4.74 Å². The van der Waals surface area contributed by atoms with Crippen molar-refractivity contribution in [1.29, 1.82) is 0 Å². The molecule has 2 atom stereocenters. The Kier molecular flexibility index (Phi) is 6.68. The number of ether oxygens (including phenoxy) is 1. The number of rotatable bonds is 3. The highest BCUT2D eigenvalue weighted by atomic mass is 16.5. The van der Waals surface area contributed by atoms with Gasteiger partial charge in [-0.2, -0.15) is 9.13 Å². The Morgan fingerprint density at radius 1 is 1.05 bits per heavy atom. The fourth-order valence-electron chi connectivity index (χ4n) is 5.88. The monoisotopic (exact) mass is 491 g/mol.